The maximum absolute atomic E-state index is 11.8. The van der Waals surface area contributed by atoms with Crippen molar-refractivity contribution in [2.24, 2.45) is 5.41 Å². The van der Waals surface area contributed by atoms with Gasteiger partial charge < -0.3 is 15.8 Å². The van der Waals surface area contributed by atoms with Crippen LogP contribution in [0.15, 0.2) is 12.3 Å². The summed E-state index contributed by atoms with van der Waals surface area (Å²) in [6, 6.07) is 1.97. The molecule has 5 nitrogen and oxygen atoms in total. The zero-order valence-corrected chi connectivity index (χ0v) is 13.1. The Bertz CT molecular complexity index is 504. The Hall–Kier alpha value is -1.78. The second-order valence-electron chi connectivity index (χ2n) is 6.42. The van der Waals surface area contributed by atoms with E-state index < -0.39 is 5.97 Å². The summed E-state index contributed by atoms with van der Waals surface area (Å²) in [6.45, 7) is 6.72. The quantitative estimate of drug-likeness (QED) is 0.833. The molecule has 0 spiro atoms. The van der Waals surface area contributed by atoms with Gasteiger partial charge in [0.15, 0.2) is 0 Å². The molecular formula is C16H25N3O2. The molecule has 5 heteroatoms. The molecular weight excluding hydrogens is 266 g/mol. The normalized spacial score (nSPS) is 18.2. The van der Waals surface area contributed by atoms with Crippen LogP contribution in [0, 0.1) is 5.41 Å². The molecule has 0 amide bonds. The van der Waals surface area contributed by atoms with E-state index in [9.17, 15) is 4.79 Å². The lowest BCUT2D eigenvalue weighted by molar-refractivity contribution is 0.0527. The number of nitrogen functional groups attached to an aromatic ring is 1. The molecule has 1 aromatic heterocycles. The van der Waals surface area contributed by atoms with Crippen molar-refractivity contribution >= 4 is 17.5 Å². The van der Waals surface area contributed by atoms with E-state index in [-0.39, 0.29) is 0 Å². The minimum absolute atomic E-state index is 0.334. The Morgan fingerprint density at radius 3 is 2.76 bits per heavy atom. The van der Waals surface area contributed by atoms with E-state index in [0.717, 1.165) is 12.8 Å². The molecule has 1 aliphatic carbocycles. The maximum Gasteiger partial charge on any atom is 0.340 e. The standard InChI is InChI=1S/C16H25N3O2/c1-4-21-15(20)12-7-10-18-14(13(12)17)19-11-5-8-16(2,3)9-6-11/h7,10-11H,4-6,8-9,17H2,1-3H3,(H,18,19). The highest BCUT2D eigenvalue weighted by Crippen LogP contribution is 2.36. The van der Waals surface area contributed by atoms with Gasteiger partial charge in [0.2, 0.25) is 0 Å². The fourth-order valence-corrected chi connectivity index (χ4v) is 2.71. The van der Waals surface area contributed by atoms with E-state index in [1.165, 1.54) is 12.8 Å². The van der Waals surface area contributed by atoms with E-state index in [4.69, 9.17) is 10.5 Å². The van der Waals surface area contributed by atoms with Crippen LogP contribution in [0.1, 0.15) is 56.8 Å². The van der Waals surface area contributed by atoms with Gasteiger partial charge in [0.05, 0.1) is 17.9 Å². The lowest BCUT2D eigenvalue weighted by Crippen LogP contribution is -2.30. The predicted octanol–water partition coefficient (Wildman–Crippen LogP) is 3.22. The van der Waals surface area contributed by atoms with Crippen molar-refractivity contribution in [1.82, 2.24) is 4.98 Å². The van der Waals surface area contributed by atoms with Gasteiger partial charge >= 0.3 is 5.97 Å². The minimum atomic E-state index is -0.398. The minimum Gasteiger partial charge on any atom is -0.462 e. The van der Waals surface area contributed by atoms with Crippen LogP contribution >= 0.6 is 0 Å². The summed E-state index contributed by atoms with van der Waals surface area (Å²) in [6.07, 6.45) is 6.15. The molecule has 1 heterocycles. The first kappa shape index (κ1) is 15.6. The zero-order valence-electron chi connectivity index (χ0n) is 13.1. The Balaban J connectivity index is 2.07. The summed E-state index contributed by atoms with van der Waals surface area (Å²) in [5.41, 5.74) is 7.24. The van der Waals surface area contributed by atoms with Crippen LogP contribution in [-0.2, 0) is 4.74 Å². The Kier molecular flexibility index (Phi) is 4.70. The van der Waals surface area contributed by atoms with Crippen LogP contribution in [0.25, 0.3) is 0 Å². The van der Waals surface area contributed by atoms with Gasteiger partial charge in [-0.2, -0.15) is 0 Å². The lowest BCUT2D eigenvalue weighted by atomic mass is 9.75. The third-order valence-electron chi connectivity index (χ3n) is 4.17. The predicted molar refractivity (Wildman–Crippen MR) is 84.3 cm³/mol. The number of carbonyl (C=O) groups is 1. The molecule has 0 unspecified atom stereocenters. The summed E-state index contributed by atoms with van der Waals surface area (Å²) in [4.78, 5) is 16.1. The van der Waals surface area contributed by atoms with Crippen molar-refractivity contribution in [3.63, 3.8) is 0 Å². The molecule has 0 saturated heterocycles. The second kappa shape index (κ2) is 6.33. The molecule has 116 valence electrons. The highest BCUT2D eigenvalue weighted by Gasteiger charge is 2.27. The Morgan fingerprint density at radius 2 is 2.14 bits per heavy atom. The molecule has 1 aliphatic rings. The fourth-order valence-electron chi connectivity index (χ4n) is 2.71. The van der Waals surface area contributed by atoms with Crippen molar-refractivity contribution in [3.8, 4) is 0 Å². The number of carbonyl (C=O) groups excluding carboxylic acids is 1. The van der Waals surface area contributed by atoms with E-state index in [2.05, 4.69) is 24.1 Å². The van der Waals surface area contributed by atoms with Crippen molar-refractivity contribution in [2.45, 2.75) is 52.5 Å². The number of aromatic nitrogens is 1. The Morgan fingerprint density at radius 1 is 1.48 bits per heavy atom. The van der Waals surface area contributed by atoms with Gasteiger partial charge in [-0.3, -0.25) is 0 Å². The summed E-state index contributed by atoms with van der Waals surface area (Å²) >= 11 is 0. The van der Waals surface area contributed by atoms with Crippen LogP contribution in [0.4, 0.5) is 11.5 Å². The first-order valence-corrected chi connectivity index (χ1v) is 7.61. The highest BCUT2D eigenvalue weighted by molar-refractivity contribution is 5.97. The van der Waals surface area contributed by atoms with E-state index in [0.29, 0.717) is 35.1 Å². The second-order valence-corrected chi connectivity index (χ2v) is 6.42. The highest BCUT2D eigenvalue weighted by atomic mass is 16.5. The number of nitrogens with two attached hydrogens (primary N) is 1. The molecule has 1 aromatic rings. The third kappa shape index (κ3) is 3.86. The SMILES string of the molecule is CCOC(=O)c1ccnc(NC2CCC(C)(C)CC2)c1N. The molecule has 0 aromatic carbocycles. The van der Waals surface area contributed by atoms with Crippen molar-refractivity contribution in [2.75, 3.05) is 17.7 Å². The summed E-state index contributed by atoms with van der Waals surface area (Å²) in [5, 5.41) is 3.38. The van der Waals surface area contributed by atoms with Crippen molar-refractivity contribution < 1.29 is 9.53 Å². The molecule has 21 heavy (non-hydrogen) atoms. The van der Waals surface area contributed by atoms with E-state index in [1.807, 2.05) is 0 Å². The topological polar surface area (TPSA) is 77.2 Å². The fraction of sp³-hybridized carbons (Fsp3) is 0.625. The number of nitrogens with zero attached hydrogens (tertiary/aromatic N) is 1. The van der Waals surface area contributed by atoms with Gasteiger partial charge in [-0.05, 0) is 44.1 Å². The summed E-state index contributed by atoms with van der Waals surface area (Å²) in [7, 11) is 0. The average Bonchev–Trinajstić information content (AvgIpc) is 2.43. The molecule has 3 N–H and O–H groups in total. The number of hydrogen-bond donors (Lipinski definition) is 2. The number of hydrogen-bond acceptors (Lipinski definition) is 5. The number of nitrogens with one attached hydrogen (secondary N) is 1. The smallest absolute Gasteiger partial charge is 0.340 e. The van der Waals surface area contributed by atoms with E-state index in [1.54, 1.807) is 19.2 Å². The molecule has 0 radical (unpaired) electrons. The van der Waals surface area contributed by atoms with Crippen LogP contribution < -0.4 is 11.1 Å². The molecule has 1 fully saturated rings. The summed E-state index contributed by atoms with van der Waals surface area (Å²) in [5.74, 6) is 0.190. The monoisotopic (exact) mass is 291 g/mol. The average molecular weight is 291 g/mol. The first-order valence-electron chi connectivity index (χ1n) is 7.61. The van der Waals surface area contributed by atoms with Gasteiger partial charge in [0.25, 0.3) is 0 Å². The van der Waals surface area contributed by atoms with Crippen molar-refractivity contribution in [3.05, 3.63) is 17.8 Å². The molecule has 1 saturated carbocycles. The van der Waals surface area contributed by atoms with E-state index >= 15 is 0 Å². The number of anilines is 2. The number of rotatable bonds is 4. The van der Waals surface area contributed by atoms with Crippen LogP contribution in [0.3, 0.4) is 0 Å². The Labute approximate surface area is 126 Å². The van der Waals surface area contributed by atoms with Gasteiger partial charge in [-0.25, -0.2) is 9.78 Å². The zero-order chi connectivity index (χ0) is 15.5. The van der Waals surface area contributed by atoms with Gasteiger partial charge in [0, 0.05) is 12.2 Å². The van der Waals surface area contributed by atoms with Crippen LogP contribution in [-0.4, -0.2) is 23.6 Å². The maximum atomic E-state index is 11.8. The van der Waals surface area contributed by atoms with Crippen LogP contribution in [0.5, 0.6) is 0 Å². The number of esters is 1. The number of pyridine rings is 1. The number of ether oxygens (including phenoxy) is 1. The third-order valence-corrected chi connectivity index (χ3v) is 4.17. The molecule has 0 bridgehead atoms. The van der Waals surface area contributed by atoms with Gasteiger partial charge in [-0.1, -0.05) is 13.8 Å². The molecule has 0 aliphatic heterocycles. The lowest BCUT2D eigenvalue weighted by Gasteiger charge is -2.35. The molecule has 0 atom stereocenters. The first-order chi connectivity index (χ1) is 9.93. The van der Waals surface area contributed by atoms with Gasteiger partial charge in [-0.15, -0.1) is 0 Å². The molecule has 2 rings (SSSR count). The largest absolute Gasteiger partial charge is 0.462 e. The van der Waals surface area contributed by atoms with Gasteiger partial charge in [0.1, 0.15) is 5.82 Å². The summed E-state index contributed by atoms with van der Waals surface area (Å²) < 4.78 is 5.01. The van der Waals surface area contributed by atoms with Crippen molar-refractivity contribution in [1.29, 1.82) is 0 Å². The van der Waals surface area contributed by atoms with Crippen LogP contribution in [0.2, 0.25) is 0 Å².